The van der Waals surface area contributed by atoms with E-state index in [4.69, 9.17) is 9.47 Å². The molecule has 0 heterocycles. The molecule has 31 heavy (non-hydrogen) atoms. The number of aryl methyl sites for hydroxylation is 1. The number of ketones is 1. The highest BCUT2D eigenvalue weighted by atomic mass is 32.2. The lowest BCUT2D eigenvalue weighted by Crippen LogP contribution is -2.46. The molecule has 164 valence electrons. The summed E-state index contributed by atoms with van der Waals surface area (Å²) in [4.78, 5) is 26.0. The van der Waals surface area contributed by atoms with Crippen molar-refractivity contribution >= 4 is 21.8 Å². The van der Waals surface area contributed by atoms with Gasteiger partial charge in [0.05, 0.1) is 18.6 Å². The maximum absolute atomic E-state index is 13.3. The van der Waals surface area contributed by atoms with E-state index in [1.165, 1.54) is 31.4 Å². The monoisotopic (exact) mass is 444 g/mol. The van der Waals surface area contributed by atoms with Gasteiger partial charge in [-0.25, -0.2) is 8.42 Å². The summed E-state index contributed by atoms with van der Waals surface area (Å²) in [6.45, 7) is 1.64. The van der Waals surface area contributed by atoms with Gasteiger partial charge in [0.25, 0.3) is 0 Å². The van der Waals surface area contributed by atoms with E-state index in [9.17, 15) is 18.0 Å². The summed E-state index contributed by atoms with van der Waals surface area (Å²) >= 11 is 0. The molecule has 1 unspecified atom stereocenters. The van der Waals surface area contributed by atoms with Crippen molar-refractivity contribution in [2.75, 3.05) is 13.7 Å². The molecule has 0 saturated carbocycles. The van der Waals surface area contributed by atoms with E-state index in [0.717, 1.165) is 5.56 Å². The highest BCUT2D eigenvalue weighted by Gasteiger charge is 2.45. The Labute approximate surface area is 180 Å². The summed E-state index contributed by atoms with van der Waals surface area (Å²) in [6, 6.07) is 12.5. The lowest BCUT2D eigenvalue weighted by molar-refractivity contribution is -0.146. The summed E-state index contributed by atoms with van der Waals surface area (Å²) in [5.74, 6) is -0.984. The maximum atomic E-state index is 13.3. The number of Topliss-reactive ketones (excluding diaryl/α,β-unsaturated/α-hetero) is 1. The van der Waals surface area contributed by atoms with Crippen LogP contribution in [0.3, 0.4) is 0 Å². The third-order valence-electron chi connectivity index (χ3n) is 4.95. The molecule has 0 spiro atoms. The minimum atomic E-state index is -4.19. The quantitative estimate of drug-likeness (QED) is 0.211. The van der Waals surface area contributed by atoms with Crippen molar-refractivity contribution in [1.29, 1.82) is 0 Å². The molecule has 0 radical (unpaired) electrons. The number of ether oxygens (including phenoxy) is 2. The number of nitrogens with zero attached hydrogens (tertiary/aromatic N) is 3. The second-order valence-electron chi connectivity index (χ2n) is 6.84. The third-order valence-corrected chi connectivity index (χ3v) is 6.11. The average molecular weight is 444 g/mol. The van der Waals surface area contributed by atoms with Gasteiger partial charge in [0, 0.05) is 5.56 Å². The Morgan fingerprint density at radius 1 is 1.16 bits per heavy atom. The molecule has 0 bridgehead atoms. The van der Waals surface area contributed by atoms with Crippen molar-refractivity contribution in [1.82, 2.24) is 0 Å². The molecule has 0 fully saturated rings. The Kier molecular flexibility index (Phi) is 6.69. The first-order chi connectivity index (χ1) is 14.8. The number of fused-ring (bicyclic) bond motifs is 1. The molecular formula is C21H22N3O6S-. The van der Waals surface area contributed by atoms with E-state index in [-0.39, 0.29) is 17.9 Å². The fourth-order valence-electron chi connectivity index (χ4n) is 3.35. The van der Waals surface area contributed by atoms with Crippen LogP contribution in [0.2, 0.25) is 0 Å². The number of carbonyl (C=O) groups is 2. The maximum Gasteiger partial charge on any atom is 0.320 e. The fourth-order valence-corrected chi connectivity index (χ4v) is 4.06. The summed E-state index contributed by atoms with van der Waals surface area (Å²) in [5, 5.41) is 3.44. The van der Waals surface area contributed by atoms with E-state index >= 15 is 0 Å². The van der Waals surface area contributed by atoms with Crippen molar-refractivity contribution < 1.29 is 27.5 Å². The minimum Gasteiger partial charge on any atom is -0.497 e. The zero-order valence-electron chi connectivity index (χ0n) is 17.1. The number of rotatable bonds is 7. The van der Waals surface area contributed by atoms with Crippen molar-refractivity contribution in [3.8, 4) is 5.75 Å². The Balaban J connectivity index is 1.93. The van der Waals surface area contributed by atoms with Gasteiger partial charge >= 0.3 is 5.97 Å². The molecular weight excluding hydrogens is 422 g/mol. The van der Waals surface area contributed by atoms with Gasteiger partial charge in [-0.2, -0.15) is 0 Å². The number of hydrogen-bond donors (Lipinski definition) is 0. The van der Waals surface area contributed by atoms with E-state index in [2.05, 4.69) is 15.2 Å². The summed E-state index contributed by atoms with van der Waals surface area (Å²) in [6.07, 6.45) is 1.06. The van der Waals surface area contributed by atoms with E-state index < -0.39 is 27.3 Å². The van der Waals surface area contributed by atoms with E-state index in [1.807, 2.05) is 12.1 Å². The average Bonchev–Trinajstić information content (AvgIpc) is 2.91. The van der Waals surface area contributed by atoms with Gasteiger partial charge < -0.3 is 14.9 Å². The molecule has 0 saturated heterocycles. The van der Waals surface area contributed by atoms with Crippen molar-refractivity contribution in [2.45, 2.75) is 36.6 Å². The SMILES string of the molecule is CCOC(=O)C1([N-]/N=N/S(=O)(=O)c2ccc(OC)cc2)CCCc2ccccc2C1=O. The minimum absolute atomic E-state index is 0.0287. The first kappa shape index (κ1) is 22.4. The predicted molar refractivity (Wildman–Crippen MR) is 111 cm³/mol. The predicted octanol–water partition coefficient (Wildman–Crippen LogP) is 3.65. The van der Waals surface area contributed by atoms with Crippen LogP contribution in [-0.4, -0.2) is 39.4 Å². The largest absolute Gasteiger partial charge is 0.497 e. The smallest absolute Gasteiger partial charge is 0.320 e. The molecule has 9 nitrogen and oxygen atoms in total. The van der Waals surface area contributed by atoms with Crippen molar-refractivity contribution in [2.24, 2.45) is 9.74 Å². The van der Waals surface area contributed by atoms with Crippen LogP contribution >= 0.6 is 0 Å². The molecule has 2 aromatic rings. The van der Waals surface area contributed by atoms with Gasteiger partial charge in [0.15, 0.2) is 11.3 Å². The van der Waals surface area contributed by atoms with Crippen LogP contribution in [0.25, 0.3) is 5.43 Å². The lowest BCUT2D eigenvalue weighted by Gasteiger charge is -2.32. The van der Waals surface area contributed by atoms with Crippen LogP contribution in [0.15, 0.2) is 63.2 Å². The highest BCUT2D eigenvalue weighted by Crippen LogP contribution is 2.35. The van der Waals surface area contributed by atoms with Crippen molar-refractivity contribution in [3.63, 3.8) is 0 Å². The number of esters is 1. The zero-order valence-corrected chi connectivity index (χ0v) is 18.0. The molecule has 1 aliphatic rings. The van der Waals surface area contributed by atoms with Gasteiger partial charge in [0.2, 0.25) is 10.0 Å². The highest BCUT2D eigenvalue weighted by molar-refractivity contribution is 7.90. The lowest BCUT2D eigenvalue weighted by atomic mass is 9.87. The van der Waals surface area contributed by atoms with E-state index in [0.29, 0.717) is 24.2 Å². The second kappa shape index (κ2) is 9.25. The van der Waals surface area contributed by atoms with Crippen LogP contribution in [0, 0.1) is 0 Å². The Bertz CT molecular complexity index is 1100. The number of benzene rings is 2. The first-order valence-corrected chi connectivity index (χ1v) is 11.1. The van der Waals surface area contributed by atoms with Crippen molar-refractivity contribution in [3.05, 3.63) is 65.1 Å². The second-order valence-corrected chi connectivity index (χ2v) is 8.43. The molecule has 10 heteroatoms. The molecule has 1 aliphatic carbocycles. The van der Waals surface area contributed by atoms with Crippen LogP contribution in [-0.2, 0) is 26.0 Å². The summed E-state index contributed by atoms with van der Waals surface area (Å²) in [7, 11) is -2.74. The molecule has 3 rings (SSSR count). The zero-order chi connectivity index (χ0) is 22.5. The Hall–Kier alpha value is -3.27. The van der Waals surface area contributed by atoms with Gasteiger partial charge in [-0.15, -0.1) is 0 Å². The normalized spacial score (nSPS) is 18.8. The first-order valence-electron chi connectivity index (χ1n) is 9.67. The summed E-state index contributed by atoms with van der Waals surface area (Å²) < 4.78 is 38.3. The van der Waals surface area contributed by atoms with Gasteiger partial charge in [-0.05, 0) is 56.0 Å². The Morgan fingerprint density at radius 3 is 2.55 bits per heavy atom. The van der Waals surface area contributed by atoms with E-state index in [1.54, 1.807) is 19.1 Å². The third kappa shape index (κ3) is 4.58. The number of sulfonamides is 1. The molecule has 0 N–H and O–H groups in total. The number of hydrogen-bond acceptors (Lipinski definition) is 7. The Morgan fingerprint density at radius 2 is 1.87 bits per heavy atom. The summed E-state index contributed by atoms with van der Waals surface area (Å²) in [5.41, 5.74) is 2.99. The molecule has 2 aromatic carbocycles. The van der Waals surface area contributed by atoms with Gasteiger partial charge in [0.1, 0.15) is 5.75 Å². The van der Waals surface area contributed by atoms with Gasteiger partial charge in [-0.3, -0.25) is 19.3 Å². The fraction of sp³-hybridized carbons (Fsp3) is 0.333. The molecule has 0 aromatic heterocycles. The van der Waals surface area contributed by atoms with Crippen LogP contribution in [0.4, 0.5) is 0 Å². The standard InChI is InChI=1S/C21H22N3O6S/c1-3-30-20(26)21(14-6-8-15-7-4-5-9-18(15)19(21)25)22-23-24-31(27,28)17-12-10-16(29-2)11-13-17/h4-5,7,9-13H,3,6,8,14H2,1-2H3/q-1. The van der Waals surface area contributed by atoms with Gasteiger partial charge in [-0.1, -0.05) is 24.3 Å². The number of carbonyl (C=O) groups excluding carboxylic acids is 2. The molecule has 0 amide bonds. The number of methoxy groups -OCH3 is 1. The van der Waals surface area contributed by atoms with Crippen LogP contribution in [0.5, 0.6) is 5.75 Å². The molecule has 1 atom stereocenters. The molecule has 0 aliphatic heterocycles. The van der Waals surface area contributed by atoms with Crippen LogP contribution < -0.4 is 4.74 Å². The topological polar surface area (TPSA) is 126 Å². The van der Waals surface area contributed by atoms with Crippen LogP contribution in [0.1, 0.15) is 35.7 Å².